The van der Waals surface area contributed by atoms with E-state index in [0.717, 1.165) is 61.4 Å². The molecule has 10 aromatic rings. The van der Waals surface area contributed by atoms with Gasteiger partial charge in [0.05, 0.1) is 16.7 Å². The van der Waals surface area contributed by atoms with Crippen LogP contribution in [0, 0.1) is 0 Å². The van der Waals surface area contributed by atoms with Crippen LogP contribution in [0.1, 0.15) is 0 Å². The maximum Gasteiger partial charge on any atom is 0.308 e. The molecule has 2 heterocycles. The van der Waals surface area contributed by atoms with Crippen molar-refractivity contribution in [3.8, 4) is 45.3 Å². The number of aromatic amines is 1. The molecule has 0 aliphatic heterocycles. The molecule has 0 aliphatic carbocycles. The smallest absolute Gasteiger partial charge is 0.308 e. The van der Waals surface area contributed by atoms with Gasteiger partial charge in [0.2, 0.25) is 0 Å². The zero-order valence-corrected chi connectivity index (χ0v) is 26.4. The lowest BCUT2D eigenvalue weighted by atomic mass is 9.92. The molecule has 0 spiro atoms. The predicted molar refractivity (Wildman–Crippen MR) is 200 cm³/mol. The van der Waals surface area contributed by atoms with Crippen molar-refractivity contribution >= 4 is 54.3 Å². The second-order valence-corrected chi connectivity index (χ2v) is 12.4. The highest BCUT2D eigenvalue weighted by molar-refractivity contribution is 6.25. The number of furan rings is 1. The Morgan fingerprint density at radius 1 is 0.367 bits per heavy atom. The largest absolute Gasteiger partial charge is 0.456 e. The van der Waals surface area contributed by atoms with E-state index in [-0.39, 0.29) is 0 Å². The number of hydrogen-bond acceptors (Lipinski definition) is 3. The van der Waals surface area contributed by atoms with Crippen LogP contribution in [0.25, 0.3) is 99.5 Å². The molecule has 228 valence electrons. The van der Waals surface area contributed by atoms with Crippen molar-refractivity contribution in [2.45, 2.75) is 0 Å². The molecule has 4 heteroatoms. The van der Waals surface area contributed by atoms with Crippen LogP contribution in [-0.2, 0) is 0 Å². The lowest BCUT2D eigenvalue weighted by molar-refractivity contribution is -0.359. The van der Waals surface area contributed by atoms with E-state index in [9.17, 15) is 0 Å². The van der Waals surface area contributed by atoms with E-state index in [4.69, 9.17) is 14.4 Å². The molecule has 0 bridgehead atoms. The van der Waals surface area contributed by atoms with Gasteiger partial charge in [-0.1, -0.05) is 119 Å². The third-order valence-electron chi connectivity index (χ3n) is 9.58. The van der Waals surface area contributed by atoms with E-state index in [2.05, 4.69) is 108 Å². The van der Waals surface area contributed by atoms with Crippen molar-refractivity contribution in [3.63, 3.8) is 0 Å². The molecule has 0 fully saturated rings. The number of H-pyrrole nitrogens is 1. The number of nitrogens with one attached hydrogen (secondary N) is 1. The lowest BCUT2D eigenvalue weighted by Crippen LogP contribution is -2.17. The molecule has 0 radical (unpaired) electrons. The van der Waals surface area contributed by atoms with Crippen molar-refractivity contribution in [2.24, 2.45) is 0 Å². The summed E-state index contributed by atoms with van der Waals surface area (Å²) in [4.78, 5) is 13.6. The number of hydrogen-bond donors (Lipinski definition) is 0. The van der Waals surface area contributed by atoms with Crippen molar-refractivity contribution in [3.05, 3.63) is 164 Å². The first kappa shape index (κ1) is 27.5. The van der Waals surface area contributed by atoms with Crippen LogP contribution in [0.2, 0.25) is 0 Å². The first-order valence-corrected chi connectivity index (χ1v) is 16.5. The molecule has 4 nitrogen and oxygen atoms in total. The molecule has 0 aliphatic rings. The van der Waals surface area contributed by atoms with Crippen LogP contribution in [0.3, 0.4) is 0 Å². The average molecular weight is 627 g/mol. The standard InChI is InChI=1S/C45H27N3O/c1-3-12-28(13-4-1)43-46-44(29-14-5-2-6-15-29)48-45(47-43)37-20-11-21-41-42(37)39-27-31(23-25-40(39)49-41)30-22-24-36-34-18-8-7-16-32(34)33-17-9-10-19-35(33)38(36)26-30/h1-27H/p+1. The molecule has 0 saturated heterocycles. The van der Waals surface area contributed by atoms with Crippen LogP contribution in [-0.4, -0.2) is 9.97 Å². The van der Waals surface area contributed by atoms with Crippen molar-refractivity contribution in [2.75, 3.05) is 0 Å². The van der Waals surface area contributed by atoms with Crippen LogP contribution in [0.5, 0.6) is 0 Å². The Kier molecular flexibility index (Phi) is 6.15. The molecule has 49 heavy (non-hydrogen) atoms. The minimum absolute atomic E-state index is 0.662. The Morgan fingerprint density at radius 3 is 1.61 bits per heavy atom. The molecule has 0 atom stereocenters. The van der Waals surface area contributed by atoms with Gasteiger partial charge < -0.3 is 4.42 Å². The highest BCUT2D eigenvalue weighted by Gasteiger charge is 2.23. The van der Waals surface area contributed by atoms with E-state index in [1.165, 1.54) is 32.3 Å². The quantitative estimate of drug-likeness (QED) is 0.183. The highest BCUT2D eigenvalue weighted by Crippen LogP contribution is 2.40. The van der Waals surface area contributed by atoms with Gasteiger partial charge in [0.1, 0.15) is 11.2 Å². The van der Waals surface area contributed by atoms with Crippen LogP contribution in [0.4, 0.5) is 0 Å². The van der Waals surface area contributed by atoms with Crippen molar-refractivity contribution in [1.82, 2.24) is 9.97 Å². The summed E-state index contributed by atoms with van der Waals surface area (Å²) in [5.41, 5.74) is 6.85. The maximum absolute atomic E-state index is 6.45. The third kappa shape index (κ3) is 4.49. The maximum atomic E-state index is 6.45. The molecule has 8 aromatic carbocycles. The summed E-state index contributed by atoms with van der Waals surface area (Å²) in [6, 6.07) is 57.3. The fraction of sp³-hybridized carbons (Fsp3) is 0. The van der Waals surface area contributed by atoms with Gasteiger partial charge in [-0.3, -0.25) is 0 Å². The molecular formula is C45H28N3O+. The molecular weight excluding hydrogens is 599 g/mol. The van der Waals surface area contributed by atoms with Crippen molar-refractivity contribution in [1.29, 1.82) is 0 Å². The van der Waals surface area contributed by atoms with E-state index in [1.54, 1.807) is 0 Å². The summed E-state index contributed by atoms with van der Waals surface area (Å²) >= 11 is 0. The number of aromatic nitrogens is 3. The van der Waals surface area contributed by atoms with Gasteiger partial charge in [-0.05, 0) is 98.0 Å². The van der Waals surface area contributed by atoms with Gasteiger partial charge in [0.15, 0.2) is 0 Å². The Balaban J connectivity index is 1.19. The summed E-state index contributed by atoms with van der Waals surface area (Å²) < 4.78 is 6.45. The third-order valence-corrected chi connectivity index (χ3v) is 9.58. The second kappa shape index (κ2) is 11.0. The molecule has 0 unspecified atom stereocenters. The SMILES string of the molecule is c1ccc(-c2nc(-c3ccccc3)[nH+]c(-c3cccc4oc5ccc(-c6ccc7c8ccccc8c8ccccc8c7c6)cc5c34)n2)cc1. The number of fused-ring (bicyclic) bond motifs is 9. The zero-order chi connectivity index (χ0) is 32.3. The molecule has 0 amide bonds. The monoisotopic (exact) mass is 626 g/mol. The van der Waals surface area contributed by atoms with E-state index < -0.39 is 0 Å². The van der Waals surface area contributed by atoms with E-state index in [1.807, 2.05) is 60.7 Å². The van der Waals surface area contributed by atoms with Crippen LogP contribution >= 0.6 is 0 Å². The van der Waals surface area contributed by atoms with Gasteiger partial charge in [-0.25, -0.2) is 4.98 Å². The Morgan fingerprint density at radius 2 is 0.918 bits per heavy atom. The summed E-state index contributed by atoms with van der Waals surface area (Å²) in [6.07, 6.45) is 0. The fourth-order valence-corrected chi connectivity index (χ4v) is 7.27. The van der Waals surface area contributed by atoms with E-state index >= 15 is 0 Å². The second-order valence-electron chi connectivity index (χ2n) is 12.4. The van der Waals surface area contributed by atoms with Gasteiger partial charge in [0, 0.05) is 10.8 Å². The molecule has 2 aromatic heterocycles. The molecule has 1 N–H and O–H groups in total. The zero-order valence-electron chi connectivity index (χ0n) is 26.4. The lowest BCUT2D eigenvalue weighted by Gasteiger charge is -2.12. The summed E-state index contributed by atoms with van der Waals surface area (Å²) in [7, 11) is 0. The Labute approximate surface area is 282 Å². The summed E-state index contributed by atoms with van der Waals surface area (Å²) in [5.74, 6) is 2.15. The highest BCUT2D eigenvalue weighted by atomic mass is 16.3. The molecule has 0 saturated carbocycles. The molecule has 10 rings (SSSR count). The van der Waals surface area contributed by atoms with Crippen LogP contribution < -0.4 is 4.98 Å². The van der Waals surface area contributed by atoms with Gasteiger partial charge in [0.25, 0.3) is 11.6 Å². The minimum Gasteiger partial charge on any atom is -0.456 e. The number of nitrogens with zero attached hydrogens (tertiary/aromatic N) is 2. The van der Waals surface area contributed by atoms with Crippen molar-refractivity contribution < 1.29 is 9.40 Å². The normalized spacial score (nSPS) is 11.7. The van der Waals surface area contributed by atoms with Gasteiger partial charge in [-0.15, -0.1) is 0 Å². The Bertz CT molecular complexity index is 2780. The number of benzene rings is 8. The summed E-state index contributed by atoms with van der Waals surface area (Å²) in [6.45, 7) is 0. The van der Waals surface area contributed by atoms with Gasteiger partial charge in [-0.2, -0.15) is 0 Å². The number of rotatable bonds is 4. The summed E-state index contributed by atoms with van der Waals surface area (Å²) in [5, 5.41) is 9.66. The topological polar surface area (TPSA) is 53.1 Å². The van der Waals surface area contributed by atoms with Crippen LogP contribution in [0.15, 0.2) is 168 Å². The fourth-order valence-electron chi connectivity index (χ4n) is 7.27. The minimum atomic E-state index is 0.662. The van der Waals surface area contributed by atoms with Gasteiger partial charge >= 0.3 is 5.82 Å². The Hall–Kier alpha value is -6.65. The first-order valence-electron chi connectivity index (χ1n) is 16.5. The predicted octanol–water partition coefficient (Wildman–Crippen LogP) is 11.3. The van der Waals surface area contributed by atoms with E-state index in [0.29, 0.717) is 5.82 Å². The average Bonchev–Trinajstić information content (AvgIpc) is 3.57. The first-order chi connectivity index (χ1) is 24.3.